The van der Waals surface area contributed by atoms with Gasteiger partial charge in [0.1, 0.15) is 0 Å². The van der Waals surface area contributed by atoms with Gasteiger partial charge in [0.25, 0.3) is 0 Å². The summed E-state index contributed by atoms with van der Waals surface area (Å²) in [5.41, 5.74) is 0. The average Bonchev–Trinajstić information content (AvgIpc) is 3.19. The number of aliphatic hydroxyl groups is 1. The van der Waals surface area contributed by atoms with E-state index < -0.39 is 0 Å². The van der Waals surface area contributed by atoms with Crippen LogP contribution in [0.15, 0.2) is 0 Å². The van der Waals surface area contributed by atoms with Crippen LogP contribution in [-0.4, -0.2) is 59.0 Å². The number of nitrogens with zero attached hydrogens (tertiary/aromatic N) is 2. The van der Waals surface area contributed by atoms with Crippen molar-refractivity contribution in [3.05, 3.63) is 0 Å². The monoisotopic (exact) mass is 266 g/mol. The highest BCUT2D eigenvalue weighted by Gasteiger charge is 2.38. The molecule has 0 aromatic heterocycles. The van der Waals surface area contributed by atoms with E-state index in [1.165, 1.54) is 0 Å². The highest BCUT2D eigenvalue weighted by atomic mass is 16.3. The third-order valence-corrected chi connectivity index (χ3v) is 4.48. The minimum atomic E-state index is -0.364. The number of β-amino-alcohol motifs (C(OH)–C–C–N with tert-alkyl or cyclic N) is 1. The van der Waals surface area contributed by atoms with Crippen LogP contribution in [0.5, 0.6) is 0 Å². The molecule has 3 fully saturated rings. The molecule has 2 aliphatic heterocycles. The van der Waals surface area contributed by atoms with E-state index in [4.69, 9.17) is 0 Å². The maximum absolute atomic E-state index is 12.4. The van der Waals surface area contributed by atoms with E-state index in [-0.39, 0.29) is 29.8 Å². The highest BCUT2D eigenvalue weighted by Crippen LogP contribution is 2.32. The number of carbonyl (C=O) groups excluding carboxylic acids is 2. The summed E-state index contributed by atoms with van der Waals surface area (Å²) < 4.78 is 0. The Morgan fingerprint density at radius 2 is 1.53 bits per heavy atom. The standard InChI is InChI=1S/C14H22N2O3/c17-12-5-7-16(9-12)14(19)11-2-1-6-15(8-11)13(18)10-3-4-10/h10-12,17H,1-9H2/t11?,12-/m1/s1. The Morgan fingerprint density at radius 3 is 2.16 bits per heavy atom. The predicted octanol–water partition coefficient (Wildman–Crippen LogP) is 0.228. The zero-order chi connectivity index (χ0) is 13.4. The Balaban J connectivity index is 1.58. The van der Waals surface area contributed by atoms with E-state index in [9.17, 15) is 14.7 Å². The molecular weight excluding hydrogens is 244 g/mol. The van der Waals surface area contributed by atoms with Gasteiger partial charge in [0.15, 0.2) is 0 Å². The topological polar surface area (TPSA) is 60.9 Å². The Bertz CT molecular complexity index is 381. The fraction of sp³-hybridized carbons (Fsp3) is 0.857. The van der Waals surface area contributed by atoms with Gasteiger partial charge >= 0.3 is 0 Å². The van der Waals surface area contributed by atoms with Crippen LogP contribution in [-0.2, 0) is 9.59 Å². The number of amides is 2. The van der Waals surface area contributed by atoms with Crippen LogP contribution >= 0.6 is 0 Å². The molecule has 106 valence electrons. The summed E-state index contributed by atoms with van der Waals surface area (Å²) in [6.07, 6.45) is 4.16. The molecule has 2 atom stereocenters. The molecule has 5 heteroatoms. The molecule has 2 saturated heterocycles. The molecule has 19 heavy (non-hydrogen) atoms. The molecule has 3 rings (SSSR count). The van der Waals surface area contributed by atoms with E-state index in [1.54, 1.807) is 4.90 Å². The van der Waals surface area contributed by atoms with Crippen molar-refractivity contribution < 1.29 is 14.7 Å². The van der Waals surface area contributed by atoms with Gasteiger partial charge in [-0.15, -0.1) is 0 Å². The smallest absolute Gasteiger partial charge is 0.227 e. The zero-order valence-corrected chi connectivity index (χ0v) is 11.3. The summed E-state index contributed by atoms with van der Waals surface area (Å²) in [5.74, 6) is 0.563. The molecule has 0 aromatic carbocycles. The number of hydrogen-bond acceptors (Lipinski definition) is 3. The van der Waals surface area contributed by atoms with Crippen LogP contribution in [0, 0.1) is 11.8 Å². The Hall–Kier alpha value is -1.10. The molecular formula is C14H22N2O3. The van der Waals surface area contributed by atoms with E-state index in [1.807, 2.05) is 4.90 Å². The second-order valence-corrected chi connectivity index (χ2v) is 6.12. The molecule has 5 nitrogen and oxygen atoms in total. The summed E-state index contributed by atoms with van der Waals surface area (Å²) in [6, 6.07) is 0. The van der Waals surface area contributed by atoms with Crippen molar-refractivity contribution in [3.8, 4) is 0 Å². The minimum Gasteiger partial charge on any atom is -0.391 e. The summed E-state index contributed by atoms with van der Waals surface area (Å²) in [6.45, 7) is 2.52. The van der Waals surface area contributed by atoms with Gasteiger partial charge < -0.3 is 14.9 Å². The van der Waals surface area contributed by atoms with Crippen LogP contribution in [0.25, 0.3) is 0 Å². The lowest BCUT2D eigenvalue weighted by Crippen LogP contribution is -2.46. The first kappa shape index (κ1) is 12.9. The minimum absolute atomic E-state index is 0.0539. The van der Waals surface area contributed by atoms with Crippen LogP contribution in [0.3, 0.4) is 0 Å². The second kappa shape index (κ2) is 5.12. The molecule has 3 aliphatic rings. The van der Waals surface area contributed by atoms with Crippen molar-refractivity contribution in [2.75, 3.05) is 26.2 Å². The average molecular weight is 266 g/mol. The number of rotatable bonds is 2. The van der Waals surface area contributed by atoms with Crippen molar-refractivity contribution in [2.24, 2.45) is 11.8 Å². The van der Waals surface area contributed by atoms with Crippen LogP contribution in [0.1, 0.15) is 32.1 Å². The van der Waals surface area contributed by atoms with Gasteiger partial charge in [0, 0.05) is 32.1 Å². The molecule has 1 unspecified atom stereocenters. The molecule has 1 saturated carbocycles. The molecule has 2 amide bonds. The second-order valence-electron chi connectivity index (χ2n) is 6.12. The quantitative estimate of drug-likeness (QED) is 0.778. The van der Waals surface area contributed by atoms with Gasteiger partial charge in [0.2, 0.25) is 11.8 Å². The van der Waals surface area contributed by atoms with Gasteiger partial charge in [0.05, 0.1) is 12.0 Å². The molecule has 2 heterocycles. The van der Waals surface area contributed by atoms with Gasteiger partial charge in [-0.05, 0) is 32.1 Å². The molecule has 1 N–H and O–H groups in total. The highest BCUT2D eigenvalue weighted by molar-refractivity contribution is 5.83. The van der Waals surface area contributed by atoms with E-state index in [0.717, 1.165) is 32.2 Å². The fourth-order valence-electron chi connectivity index (χ4n) is 3.17. The lowest BCUT2D eigenvalue weighted by molar-refractivity contribution is -0.141. The Labute approximate surface area is 113 Å². The largest absolute Gasteiger partial charge is 0.391 e. The van der Waals surface area contributed by atoms with Crippen molar-refractivity contribution in [3.63, 3.8) is 0 Å². The van der Waals surface area contributed by atoms with Crippen molar-refractivity contribution in [2.45, 2.75) is 38.2 Å². The normalized spacial score (nSPS) is 31.6. The summed E-state index contributed by atoms with van der Waals surface area (Å²) in [4.78, 5) is 28.1. The molecule has 0 bridgehead atoms. The van der Waals surface area contributed by atoms with Gasteiger partial charge in [-0.3, -0.25) is 9.59 Å². The van der Waals surface area contributed by atoms with E-state index >= 15 is 0 Å². The Morgan fingerprint density at radius 1 is 0.842 bits per heavy atom. The number of carbonyl (C=O) groups is 2. The number of aliphatic hydroxyl groups excluding tert-OH is 1. The van der Waals surface area contributed by atoms with Crippen molar-refractivity contribution in [1.82, 2.24) is 9.80 Å². The first-order valence-electron chi connectivity index (χ1n) is 7.41. The SMILES string of the molecule is O=C(C1CC1)N1CCCC(C(=O)N2CC[C@@H](O)C2)C1. The zero-order valence-electron chi connectivity index (χ0n) is 11.3. The number of likely N-dealkylation sites (tertiary alicyclic amines) is 2. The summed E-state index contributed by atoms with van der Waals surface area (Å²) in [5, 5.41) is 9.51. The fourth-order valence-corrected chi connectivity index (χ4v) is 3.17. The van der Waals surface area contributed by atoms with Crippen molar-refractivity contribution >= 4 is 11.8 Å². The maximum Gasteiger partial charge on any atom is 0.227 e. The van der Waals surface area contributed by atoms with Gasteiger partial charge in [-0.25, -0.2) is 0 Å². The van der Waals surface area contributed by atoms with Crippen LogP contribution in [0.2, 0.25) is 0 Å². The molecule has 1 aliphatic carbocycles. The van der Waals surface area contributed by atoms with Gasteiger partial charge in [-0.1, -0.05) is 0 Å². The number of hydrogen-bond donors (Lipinski definition) is 1. The number of piperidine rings is 1. The lowest BCUT2D eigenvalue weighted by Gasteiger charge is -2.34. The third-order valence-electron chi connectivity index (χ3n) is 4.48. The van der Waals surface area contributed by atoms with Crippen LogP contribution in [0.4, 0.5) is 0 Å². The molecule has 0 aromatic rings. The Kier molecular flexibility index (Phi) is 3.48. The summed E-state index contributed by atoms with van der Waals surface area (Å²) >= 11 is 0. The van der Waals surface area contributed by atoms with Gasteiger partial charge in [-0.2, -0.15) is 0 Å². The predicted molar refractivity (Wildman–Crippen MR) is 69.2 cm³/mol. The molecule has 0 spiro atoms. The van der Waals surface area contributed by atoms with E-state index in [0.29, 0.717) is 26.1 Å². The van der Waals surface area contributed by atoms with E-state index in [2.05, 4.69) is 0 Å². The van der Waals surface area contributed by atoms with Crippen molar-refractivity contribution in [1.29, 1.82) is 0 Å². The molecule has 0 radical (unpaired) electrons. The summed E-state index contributed by atoms with van der Waals surface area (Å²) in [7, 11) is 0. The maximum atomic E-state index is 12.4. The first-order chi connectivity index (χ1) is 9.15. The van der Waals surface area contributed by atoms with Crippen LogP contribution < -0.4 is 0 Å². The first-order valence-corrected chi connectivity index (χ1v) is 7.41. The lowest BCUT2D eigenvalue weighted by atomic mass is 9.96. The third kappa shape index (κ3) is 2.76.